The highest BCUT2D eigenvalue weighted by Gasteiger charge is 2.28. The van der Waals surface area contributed by atoms with E-state index >= 15 is 0 Å². The zero-order valence-corrected chi connectivity index (χ0v) is 11.5. The fraction of sp³-hybridized carbons (Fsp3) is 0.615. The van der Waals surface area contributed by atoms with Crippen LogP contribution in [0.1, 0.15) is 25.1 Å². The number of pyridine rings is 1. The Morgan fingerprint density at radius 2 is 2.15 bits per heavy atom. The highest BCUT2D eigenvalue weighted by atomic mass is 19.4. The minimum Gasteiger partial charge on any atom is -0.495 e. The van der Waals surface area contributed by atoms with Crippen LogP contribution < -0.4 is 10.1 Å². The molecule has 0 aliphatic heterocycles. The largest absolute Gasteiger partial charge is 0.495 e. The Morgan fingerprint density at radius 3 is 2.75 bits per heavy atom. The van der Waals surface area contributed by atoms with Gasteiger partial charge in [-0.2, -0.15) is 13.2 Å². The van der Waals surface area contributed by atoms with E-state index < -0.39 is 18.8 Å². The zero-order valence-electron chi connectivity index (χ0n) is 11.5. The first-order chi connectivity index (χ1) is 9.48. The molecule has 1 aromatic rings. The van der Waals surface area contributed by atoms with Gasteiger partial charge in [0.25, 0.3) is 0 Å². The van der Waals surface area contributed by atoms with E-state index in [1.807, 2.05) is 6.92 Å². The quantitative estimate of drug-likeness (QED) is 0.800. The van der Waals surface area contributed by atoms with Gasteiger partial charge in [0.05, 0.1) is 19.8 Å². The number of rotatable bonds is 8. The van der Waals surface area contributed by atoms with E-state index in [2.05, 4.69) is 10.3 Å². The van der Waals surface area contributed by atoms with Gasteiger partial charge in [0.15, 0.2) is 0 Å². The van der Waals surface area contributed by atoms with Gasteiger partial charge < -0.3 is 14.8 Å². The fourth-order valence-electron chi connectivity index (χ4n) is 1.68. The molecule has 0 aliphatic rings. The molecule has 0 bridgehead atoms. The molecule has 20 heavy (non-hydrogen) atoms. The summed E-state index contributed by atoms with van der Waals surface area (Å²) in [6.07, 6.45) is -1.91. The van der Waals surface area contributed by atoms with E-state index in [0.29, 0.717) is 18.0 Å². The molecule has 0 spiro atoms. The van der Waals surface area contributed by atoms with Gasteiger partial charge in [0.1, 0.15) is 18.1 Å². The third kappa shape index (κ3) is 5.75. The molecule has 0 saturated heterocycles. The number of ether oxygens (including phenoxy) is 2. The second-order valence-electron chi connectivity index (χ2n) is 4.23. The van der Waals surface area contributed by atoms with Gasteiger partial charge in [-0.05, 0) is 25.1 Å². The number of nitrogens with one attached hydrogen (secondary N) is 1. The van der Waals surface area contributed by atoms with Crippen LogP contribution in [-0.4, -0.2) is 38.0 Å². The summed E-state index contributed by atoms with van der Waals surface area (Å²) < 4.78 is 46.3. The zero-order chi connectivity index (χ0) is 15.0. The number of hydrogen-bond acceptors (Lipinski definition) is 4. The second kappa shape index (κ2) is 8.06. The van der Waals surface area contributed by atoms with Crippen LogP contribution in [-0.2, 0) is 4.74 Å². The molecule has 1 heterocycles. The van der Waals surface area contributed by atoms with E-state index in [0.717, 1.165) is 6.42 Å². The number of hydrogen-bond donors (Lipinski definition) is 1. The van der Waals surface area contributed by atoms with Crippen molar-refractivity contribution in [1.82, 2.24) is 10.3 Å². The molecule has 0 fully saturated rings. The van der Waals surface area contributed by atoms with Gasteiger partial charge in [-0.1, -0.05) is 6.92 Å². The van der Waals surface area contributed by atoms with Crippen molar-refractivity contribution >= 4 is 0 Å². The van der Waals surface area contributed by atoms with Crippen molar-refractivity contribution in [1.29, 1.82) is 0 Å². The van der Waals surface area contributed by atoms with Crippen LogP contribution in [0.25, 0.3) is 0 Å². The fourth-order valence-corrected chi connectivity index (χ4v) is 1.68. The minimum atomic E-state index is -4.33. The van der Waals surface area contributed by atoms with E-state index in [1.165, 1.54) is 7.11 Å². The van der Waals surface area contributed by atoms with Crippen molar-refractivity contribution in [2.24, 2.45) is 0 Å². The Labute approximate surface area is 116 Å². The van der Waals surface area contributed by atoms with Gasteiger partial charge >= 0.3 is 6.18 Å². The molecule has 7 heteroatoms. The molecule has 1 atom stereocenters. The van der Waals surface area contributed by atoms with Crippen LogP contribution in [0, 0.1) is 0 Å². The Kier molecular flexibility index (Phi) is 6.74. The molecular formula is C13H19F3N2O2. The summed E-state index contributed by atoms with van der Waals surface area (Å²) in [5, 5.41) is 3.11. The summed E-state index contributed by atoms with van der Waals surface area (Å²) in [7, 11) is 1.49. The first kappa shape index (κ1) is 16.7. The highest BCUT2D eigenvalue weighted by Crippen LogP contribution is 2.23. The molecule has 0 aliphatic carbocycles. The summed E-state index contributed by atoms with van der Waals surface area (Å²) in [6.45, 7) is 1.23. The molecule has 1 unspecified atom stereocenters. The number of nitrogens with zero attached hydrogens (tertiary/aromatic N) is 1. The van der Waals surface area contributed by atoms with Crippen LogP contribution in [0.2, 0.25) is 0 Å². The lowest BCUT2D eigenvalue weighted by atomic mass is 10.1. The van der Waals surface area contributed by atoms with Crippen molar-refractivity contribution < 1.29 is 22.6 Å². The van der Waals surface area contributed by atoms with E-state index in [4.69, 9.17) is 9.47 Å². The molecule has 1 rings (SSSR count). The summed E-state index contributed by atoms with van der Waals surface area (Å²) in [5.74, 6) is 0.525. The number of halogens is 3. The average Bonchev–Trinajstić information content (AvgIpc) is 2.41. The van der Waals surface area contributed by atoms with E-state index in [9.17, 15) is 13.2 Å². The van der Waals surface area contributed by atoms with Gasteiger partial charge in [0.2, 0.25) is 0 Å². The molecule has 1 N–H and O–H groups in total. The van der Waals surface area contributed by atoms with Crippen molar-refractivity contribution in [3.05, 3.63) is 24.0 Å². The maximum Gasteiger partial charge on any atom is 0.411 e. The molecule has 0 amide bonds. The Bertz CT molecular complexity index is 399. The van der Waals surface area contributed by atoms with Gasteiger partial charge in [-0.3, -0.25) is 4.98 Å². The first-order valence-corrected chi connectivity index (χ1v) is 6.34. The lowest BCUT2D eigenvalue weighted by molar-refractivity contribution is -0.175. The average molecular weight is 292 g/mol. The summed E-state index contributed by atoms with van der Waals surface area (Å²) in [5.41, 5.74) is 0.547. The van der Waals surface area contributed by atoms with Crippen LogP contribution in [0.15, 0.2) is 18.3 Å². The molecule has 114 valence electrons. The molecular weight excluding hydrogens is 273 g/mol. The summed E-state index contributed by atoms with van der Waals surface area (Å²) >= 11 is 0. The van der Waals surface area contributed by atoms with Crippen molar-refractivity contribution in [3.8, 4) is 5.75 Å². The summed E-state index contributed by atoms with van der Waals surface area (Å²) in [6, 6.07) is 2.98. The first-order valence-electron chi connectivity index (χ1n) is 6.34. The smallest absolute Gasteiger partial charge is 0.411 e. The third-order valence-corrected chi connectivity index (χ3v) is 2.54. The molecule has 0 radical (unpaired) electrons. The van der Waals surface area contributed by atoms with Crippen LogP contribution in [0.3, 0.4) is 0 Å². The van der Waals surface area contributed by atoms with Crippen LogP contribution >= 0.6 is 0 Å². The predicted octanol–water partition coefficient (Wildman–Crippen LogP) is 2.71. The summed E-state index contributed by atoms with van der Waals surface area (Å²) in [4.78, 5) is 4.17. The standard InChI is InChI=1S/C13H19F3N2O2/c1-3-6-17-10(8-20-9-13(14,15)16)12-11(19-2)5-4-7-18-12/h4-5,7,10,17H,3,6,8-9H2,1-2H3. The Hall–Kier alpha value is -1.34. The molecule has 0 saturated carbocycles. The number of alkyl halides is 3. The lowest BCUT2D eigenvalue weighted by Gasteiger charge is -2.20. The highest BCUT2D eigenvalue weighted by molar-refractivity contribution is 5.29. The SMILES string of the molecule is CCCNC(COCC(F)(F)F)c1ncccc1OC. The second-order valence-corrected chi connectivity index (χ2v) is 4.23. The van der Waals surface area contributed by atoms with E-state index in [1.54, 1.807) is 18.3 Å². The topological polar surface area (TPSA) is 43.4 Å². The van der Waals surface area contributed by atoms with Gasteiger partial charge in [-0.15, -0.1) is 0 Å². The maximum atomic E-state index is 12.1. The normalized spacial score (nSPS) is 13.2. The van der Waals surface area contributed by atoms with Crippen molar-refractivity contribution in [3.63, 3.8) is 0 Å². The van der Waals surface area contributed by atoms with Crippen molar-refractivity contribution in [2.45, 2.75) is 25.6 Å². The molecule has 0 aromatic carbocycles. The monoisotopic (exact) mass is 292 g/mol. The van der Waals surface area contributed by atoms with Gasteiger partial charge in [0, 0.05) is 6.20 Å². The Balaban J connectivity index is 2.72. The molecule has 4 nitrogen and oxygen atoms in total. The van der Waals surface area contributed by atoms with E-state index in [-0.39, 0.29) is 6.61 Å². The van der Waals surface area contributed by atoms with Crippen LogP contribution in [0.4, 0.5) is 13.2 Å². The Morgan fingerprint density at radius 1 is 1.40 bits per heavy atom. The number of methoxy groups -OCH3 is 1. The predicted molar refractivity (Wildman–Crippen MR) is 68.7 cm³/mol. The third-order valence-electron chi connectivity index (χ3n) is 2.54. The van der Waals surface area contributed by atoms with Gasteiger partial charge in [-0.25, -0.2) is 0 Å². The number of aromatic nitrogens is 1. The van der Waals surface area contributed by atoms with Crippen LogP contribution in [0.5, 0.6) is 5.75 Å². The maximum absolute atomic E-state index is 12.1. The minimum absolute atomic E-state index is 0.118. The lowest BCUT2D eigenvalue weighted by Crippen LogP contribution is -2.29. The molecule has 1 aromatic heterocycles. The van der Waals surface area contributed by atoms with Crippen molar-refractivity contribution in [2.75, 3.05) is 26.9 Å².